The molecule has 1 aliphatic heterocycles. The second-order valence-electron chi connectivity index (χ2n) is 7.30. The van der Waals surface area contributed by atoms with E-state index < -0.39 is 0 Å². The van der Waals surface area contributed by atoms with Crippen molar-refractivity contribution in [3.8, 4) is 17.2 Å². The molecule has 0 aliphatic carbocycles. The highest BCUT2D eigenvalue weighted by Crippen LogP contribution is 2.34. The fourth-order valence-corrected chi connectivity index (χ4v) is 3.74. The first-order chi connectivity index (χ1) is 15.0. The van der Waals surface area contributed by atoms with Gasteiger partial charge in [0.1, 0.15) is 29.2 Å². The number of benzene rings is 2. The molecule has 7 nitrogen and oxygen atoms in total. The quantitative estimate of drug-likeness (QED) is 0.559. The van der Waals surface area contributed by atoms with Crippen LogP contribution in [0.15, 0.2) is 41.4 Å². The summed E-state index contributed by atoms with van der Waals surface area (Å²) in [6.45, 7) is 3.77. The van der Waals surface area contributed by atoms with Crippen molar-refractivity contribution in [3.05, 3.63) is 53.3 Å². The van der Waals surface area contributed by atoms with Crippen LogP contribution in [0, 0.1) is 5.82 Å². The van der Waals surface area contributed by atoms with E-state index >= 15 is 0 Å². The molecule has 0 radical (unpaired) electrons. The lowest BCUT2D eigenvalue weighted by Crippen LogP contribution is -2.50. The van der Waals surface area contributed by atoms with E-state index in [1.807, 2.05) is 19.1 Å². The fraction of sp³-hybridized carbons (Fsp3) is 0.435. The number of hydrogen-bond acceptors (Lipinski definition) is 5. The van der Waals surface area contributed by atoms with E-state index in [1.165, 1.54) is 12.1 Å². The van der Waals surface area contributed by atoms with Crippen molar-refractivity contribution in [2.75, 3.05) is 41.5 Å². The van der Waals surface area contributed by atoms with Gasteiger partial charge in [0.15, 0.2) is 5.96 Å². The number of nitrogens with zero attached hydrogens (tertiary/aromatic N) is 2. The van der Waals surface area contributed by atoms with Crippen LogP contribution in [-0.4, -0.2) is 58.4 Å². The van der Waals surface area contributed by atoms with Crippen molar-refractivity contribution in [1.29, 1.82) is 0 Å². The third-order valence-corrected chi connectivity index (χ3v) is 5.25. The highest BCUT2D eigenvalue weighted by molar-refractivity contribution is 5.80. The number of hydrogen-bond donors (Lipinski definition) is 1. The molecule has 0 bridgehead atoms. The number of rotatable bonds is 6. The Bertz CT molecular complexity index is 879. The van der Waals surface area contributed by atoms with Gasteiger partial charge in [-0.05, 0) is 24.6 Å². The molecule has 1 N–H and O–H groups in total. The summed E-state index contributed by atoms with van der Waals surface area (Å²) in [5.41, 5.74) is 1.80. The summed E-state index contributed by atoms with van der Waals surface area (Å²) in [5.74, 6) is 2.47. The Hall–Kier alpha value is -3.00. The molecule has 0 saturated carbocycles. The average Bonchev–Trinajstić information content (AvgIpc) is 2.79. The minimum Gasteiger partial charge on any atom is -0.496 e. The van der Waals surface area contributed by atoms with Crippen molar-refractivity contribution in [2.45, 2.75) is 25.7 Å². The fourth-order valence-electron chi connectivity index (χ4n) is 3.74. The Morgan fingerprint density at radius 1 is 1.10 bits per heavy atom. The molecule has 2 unspecified atom stereocenters. The van der Waals surface area contributed by atoms with E-state index in [1.54, 1.807) is 40.5 Å². The molecule has 0 spiro atoms. The maximum absolute atomic E-state index is 13.3. The van der Waals surface area contributed by atoms with Crippen LogP contribution in [0.2, 0.25) is 0 Å². The van der Waals surface area contributed by atoms with Gasteiger partial charge in [0, 0.05) is 25.7 Å². The number of halogens is 1. The van der Waals surface area contributed by atoms with E-state index in [0.29, 0.717) is 36.9 Å². The monoisotopic (exact) mass is 431 g/mol. The minimum atomic E-state index is -0.260. The van der Waals surface area contributed by atoms with E-state index in [4.69, 9.17) is 18.9 Å². The molecule has 0 aromatic heterocycles. The summed E-state index contributed by atoms with van der Waals surface area (Å²) >= 11 is 0. The Kier molecular flexibility index (Phi) is 7.57. The van der Waals surface area contributed by atoms with Crippen molar-refractivity contribution in [3.63, 3.8) is 0 Å². The first-order valence-electron chi connectivity index (χ1n) is 10.1. The van der Waals surface area contributed by atoms with Crippen LogP contribution in [0.4, 0.5) is 4.39 Å². The van der Waals surface area contributed by atoms with Crippen molar-refractivity contribution < 1.29 is 23.3 Å². The third-order valence-electron chi connectivity index (χ3n) is 5.25. The Balaban J connectivity index is 1.76. The number of morpholine rings is 1. The zero-order valence-electron chi connectivity index (χ0n) is 18.6. The number of ether oxygens (including phenoxy) is 4. The van der Waals surface area contributed by atoms with Gasteiger partial charge in [0.05, 0.1) is 46.1 Å². The van der Waals surface area contributed by atoms with Crippen molar-refractivity contribution in [2.24, 2.45) is 4.99 Å². The first-order valence-corrected chi connectivity index (χ1v) is 10.1. The van der Waals surface area contributed by atoms with Gasteiger partial charge in [0.25, 0.3) is 0 Å². The predicted molar refractivity (Wildman–Crippen MR) is 118 cm³/mol. The number of aliphatic imine (C=N–C) groups is 1. The van der Waals surface area contributed by atoms with Crippen LogP contribution in [0.25, 0.3) is 0 Å². The number of methoxy groups -OCH3 is 3. The second kappa shape index (κ2) is 10.3. The SMILES string of the molecule is CN=C(NCc1c(OC)cc(OC)cc1OC)N1CC(C)OC(c2ccc(F)cc2)C1. The smallest absolute Gasteiger partial charge is 0.194 e. The molecule has 1 heterocycles. The molecule has 2 aromatic carbocycles. The summed E-state index contributed by atoms with van der Waals surface area (Å²) in [4.78, 5) is 6.60. The number of guanidine groups is 1. The number of nitrogens with one attached hydrogen (secondary N) is 1. The molecular formula is C23H30FN3O4. The highest BCUT2D eigenvalue weighted by Gasteiger charge is 2.28. The molecule has 3 rings (SSSR count). The average molecular weight is 432 g/mol. The summed E-state index contributed by atoms with van der Waals surface area (Å²) in [6.07, 6.45) is -0.180. The first kappa shape index (κ1) is 22.7. The normalized spacial score (nSPS) is 19.2. The lowest BCUT2D eigenvalue weighted by atomic mass is 10.1. The maximum atomic E-state index is 13.3. The van der Waals surface area contributed by atoms with Gasteiger partial charge >= 0.3 is 0 Å². The van der Waals surface area contributed by atoms with E-state index in [9.17, 15) is 4.39 Å². The molecule has 0 amide bonds. The van der Waals surface area contributed by atoms with Crippen molar-refractivity contribution >= 4 is 5.96 Å². The van der Waals surface area contributed by atoms with E-state index in [0.717, 1.165) is 17.1 Å². The van der Waals surface area contributed by atoms with Gasteiger partial charge < -0.3 is 29.2 Å². The van der Waals surface area contributed by atoms with Crippen LogP contribution in [0.1, 0.15) is 24.2 Å². The van der Waals surface area contributed by atoms with E-state index in [-0.39, 0.29) is 18.0 Å². The van der Waals surface area contributed by atoms with Crippen LogP contribution < -0.4 is 19.5 Å². The molecule has 168 valence electrons. The predicted octanol–water partition coefficient (Wildman–Crippen LogP) is 3.39. The lowest BCUT2D eigenvalue weighted by molar-refractivity contribution is -0.0605. The lowest BCUT2D eigenvalue weighted by Gasteiger charge is -2.38. The van der Waals surface area contributed by atoms with Crippen molar-refractivity contribution in [1.82, 2.24) is 10.2 Å². The summed E-state index contributed by atoms with van der Waals surface area (Å²) in [7, 11) is 6.58. The molecule has 1 saturated heterocycles. The van der Waals surface area contributed by atoms with Crippen LogP contribution >= 0.6 is 0 Å². The van der Waals surface area contributed by atoms with Crippen LogP contribution in [0.5, 0.6) is 17.2 Å². The molecule has 2 atom stereocenters. The van der Waals surface area contributed by atoms with E-state index in [2.05, 4.69) is 15.2 Å². The Labute approximate surface area is 182 Å². The zero-order valence-corrected chi connectivity index (χ0v) is 18.6. The van der Waals surface area contributed by atoms with Gasteiger partial charge in [-0.1, -0.05) is 12.1 Å². The summed E-state index contributed by atoms with van der Waals surface area (Å²) in [6, 6.07) is 10.1. The van der Waals surface area contributed by atoms with Crippen LogP contribution in [-0.2, 0) is 11.3 Å². The van der Waals surface area contributed by atoms with Gasteiger partial charge in [0.2, 0.25) is 0 Å². The standard InChI is InChI=1S/C23H30FN3O4/c1-15-13-27(14-22(31-15)16-6-8-17(24)9-7-16)23(25-2)26-12-19-20(29-4)10-18(28-3)11-21(19)30-5/h6-11,15,22H,12-14H2,1-5H3,(H,25,26). The Morgan fingerprint density at radius 3 is 2.29 bits per heavy atom. The molecule has 2 aromatic rings. The molecular weight excluding hydrogens is 401 g/mol. The van der Waals surface area contributed by atoms with Gasteiger partial charge in [-0.25, -0.2) is 4.39 Å². The zero-order chi connectivity index (χ0) is 22.4. The molecule has 8 heteroatoms. The summed E-state index contributed by atoms with van der Waals surface area (Å²) in [5, 5.41) is 3.40. The summed E-state index contributed by atoms with van der Waals surface area (Å²) < 4.78 is 35.8. The molecule has 1 fully saturated rings. The third kappa shape index (κ3) is 5.38. The highest BCUT2D eigenvalue weighted by atomic mass is 19.1. The maximum Gasteiger partial charge on any atom is 0.194 e. The largest absolute Gasteiger partial charge is 0.496 e. The molecule has 31 heavy (non-hydrogen) atoms. The molecule has 1 aliphatic rings. The van der Waals surface area contributed by atoms with Gasteiger partial charge in [-0.2, -0.15) is 0 Å². The Morgan fingerprint density at radius 2 is 1.74 bits per heavy atom. The van der Waals surface area contributed by atoms with Gasteiger partial charge in [-0.3, -0.25) is 4.99 Å². The van der Waals surface area contributed by atoms with Gasteiger partial charge in [-0.15, -0.1) is 0 Å². The topological polar surface area (TPSA) is 64.6 Å². The second-order valence-corrected chi connectivity index (χ2v) is 7.30. The minimum absolute atomic E-state index is 0.00703. The van der Waals surface area contributed by atoms with Crippen LogP contribution in [0.3, 0.4) is 0 Å².